The van der Waals surface area contributed by atoms with Crippen molar-refractivity contribution in [3.8, 4) is 11.4 Å². The molecule has 2 N–H and O–H groups in total. The third-order valence-electron chi connectivity index (χ3n) is 5.00. The minimum atomic E-state index is -4.02. The van der Waals surface area contributed by atoms with Gasteiger partial charge in [0.15, 0.2) is 0 Å². The molecule has 0 saturated carbocycles. The average Bonchev–Trinajstić information content (AvgIpc) is 3.32. The van der Waals surface area contributed by atoms with Crippen LogP contribution >= 0.6 is 0 Å². The Morgan fingerprint density at radius 1 is 0.794 bits per heavy atom. The van der Waals surface area contributed by atoms with Gasteiger partial charge < -0.3 is 4.74 Å². The van der Waals surface area contributed by atoms with Crippen molar-refractivity contribution in [1.29, 1.82) is 0 Å². The third-order valence-corrected chi connectivity index (χ3v) is 7.69. The number of aryl methyl sites for hydroxylation is 1. The van der Waals surface area contributed by atoms with Crippen LogP contribution in [0.25, 0.3) is 5.69 Å². The van der Waals surface area contributed by atoms with Crippen molar-refractivity contribution in [2.75, 3.05) is 16.6 Å². The number of para-hydroxylation sites is 3. The second kappa shape index (κ2) is 9.20. The van der Waals surface area contributed by atoms with Crippen LogP contribution in [-0.2, 0) is 20.0 Å². The summed E-state index contributed by atoms with van der Waals surface area (Å²) in [6, 6.07) is 19.9. The van der Waals surface area contributed by atoms with Crippen LogP contribution in [0.2, 0.25) is 0 Å². The summed E-state index contributed by atoms with van der Waals surface area (Å²) in [5.41, 5.74) is 1.65. The first-order valence-corrected chi connectivity index (χ1v) is 13.1. The fourth-order valence-electron chi connectivity index (χ4n) is 3.18. The van der Waals surface area contributed by atoms with E-state index in [2.05, 4.69) is 14.5 Å². The Hall–Kier alpha value is -3.83. The second-order valence-corrected chi connectivity index (χ2v) is 10.7. The summed E-state index contributed by atoms with van der Waals surface area (Å²) in [6.45, 7) is 1.68. The van der Waals surface area contributed by atoms with Gasteiger partial charge in [0.25, 0.3) is 20.0 Å². The number of hydrogen-bond acceptors (Lipinski definition) is 6. The summed E-state index contributed by atoms with van der Waals surface area (Å²) in [4.78, 5) is -0.169. The van der Waals surface area contributed by atoms with E-state index in [1.54, 1.807) is 43.3 Å². The van der Waals surface area contributed by atoms with Crippen LogP contribution in [0, 0.1) is 6.92 Å². The van der Waals surface area contributed by atoms with Crippen LogP contribution in [-0.4, -0.2) is 33.7 Å². The van der Waals surface area contributed by atoms with Crippen LogP contribution in [0.4, 0.5) is 11.4 Å². The molecule has 0 saturated heterocycles. The number of benzene rings is 3. The van der Waals surface area contributed by atoms with Crippen molar-refractivity contribution in [3.63, 3.8) is 0 Å². The predicted octanol–water partition coefficient (Wildman–Crippen LogP) is 3.79. The molecule has 0 unspecified atom stereocenters. The van der Waals surface area contributed by atoms with Gasteiger partial charge in [-0.15, -0.1) is 0 Å². The highest BCUT2D eigenvalue weighted by atomic mass is 32.2. The zero-order chi connectivity index (χ0) is 24.3. The van der Waals surface area contributed by atoms with Crippen molar-refractivity contribution in [1.82, 2.24) is 9.78 Å². The standard InChI is InChI=1S/C23H22N4O5S2/c1-17-12-13-19(33(28,29)25-21-10-6-7-11-23(21)32-2)14-22(17)26-34(30,31)20-15-24-27(16-20)18-8-4-3-5-9-18/h3-16,25-26H,1-2H3. The summed E-state index contributed by atoms with van der Waals surface area (Å²) in [6.07, 6.45) is 2.62. The van der Waals surface area contributed by atoms with Crippen molar-refractivity contribution in [2.24, 2.45) is 0 Å². The molecule has 0 amide bonds. The molecule has 0 aliphatic rings. The maximum absolute atomic E-state index is 13.0. The summed E-state index contributed by atoms with van der Waals surface area (Å²) < 4.78 is 63.5. The number of rotatable bonds is 8. The monoisotopic (exact) mass is 498 g/mol. The average molecular weight is 499 g/mol. The highest BCUT2D eigenvalue weighted by Crippen LogP contribution is 2.28. The molecule has 3 aromatic carbocycles. The van der Waals surface area contributed by atoms with Crippen molar-refractivity contribution < 1.29 is 21.6 Å². The van der Waals surface area contributed by atoms with Gasteiger partial charge in [-0.1, -0.05) is 36.4 Å². The number of sulfonamides is 2. The van der Waals surface area contributed by atoms with Gasteiger partial charge in [0.05, 0.1) is 41.5 Å². The molecular formula is C23H22N4O5S2. The SMILES string of the molecule is COc1ccccc1NS(=O)(=O)c1ccc(C)c(NS(=O)(=O)c2cnn(-c3ccccc3)c2)c1. The predicted molar refractivity (Wildman–Crippen MR) is 129 cm³/mol. The van der Waals surface area contributed by atoms with Crippen LogP contribution in [0.5, 0.6) is 5.75 Å². The van der Waals surface area contributed by atoms with Gasteiger partial charge in [-0.05, 0) is 48.9 Å². The zero-order valence-corrected chi connectivity index (χ0v) is 20.0. The lowest BCUT2D eigenvalue weighted by Crippen LogP contribution is -2.16. The normalized spacial score (nSPS) is 11.7. The zero-order valence-electron chi connectivity index (χ0n) is 18.3. The lowest BCUT2D eigenvalue weighted by Gasteiger charge is -2.14. The maximum atomic E-state index is 13.0. The molecule has 1 heterocycles. The summed E-state index contributed by atoms with van der Waals surface area (Å²) in [5, 5.41) is 4.12. The molecule has 0 radical (unpaired) electrons. The van der Waals surface area contributed by atoms with Gasteiger partial charge in [-0.2, -0.15) is 5.10 Å². The van der Waals surface area contributed by atoms with Crippen LogP contribution < -0.4 is 14.2 Å². The number of aromatic nitrogens is 2. The van der Waals surface area contributed by atoms with Gasteiger partial charge in [-0.3, -0.25) is 9.44 Å². The minimum Gasteiger partial charge on any atom is -0.495 e. The topological polar surface area (TPSA) is 119 Å². The third kappa shape index (κ3) is 4.90. The molecule has 0 aliphatic heterocycles. The lowest BCUT2D eigenvalue weighted by atomic mass is 10.2. The fourth-order valence-corrected chi connectivity index (χ4v) is 5.33. The molecular weight excluding hydrogens is 476 g/mol. The number of anilines is 2. The number of nitrogens with one attached hydrogen (secondary N) is 2. The molecule has 0 atom stereocenters. The first-order chi connectivity index (χ1) is 16.2. The molecule has 9 nitrogen and oxygen atoms in total. The number of nitrogens with zero attached hydrogens (tertiary/aromatic N) is 2. The first-order valence-electron chi connectivity index (χ1n) is 10.1. The molecule has 1 aromatic heterocycles. The minimum absolute atomic E-state index is 0.0591. The second-order valence-electron chi connectivity index (χ2n) is 7.34. The number of methoxy groups -OCH3 is 1. The highest BCUT2D eigenvalue weighted by molar-refractivity contribution is 7.93. The van der Waals surface area contributed by atoms with Crippen molar-refractivity contribution in [3.05, 3.63) is 90.8 Å². The summed E-state index contributed by atoms with van der Waals surface area (Å²) in [5.74, 6) is 0.356. The van der Waals surface area contributed by atoms with E-state index in [1.165, 1.54) is 42.4 Å². The Kier molecular flexibility index (Phi) is 6.31. The summed E-state index contributed by atoms with van der Waals surface area (Å²) >= 11 is 0. The molecule has 4 aromatic rings. The smallest absolute Gasteiger partial charge is 0.265 e. The molecule has 0 bridgehead atoms. The van der Waals surface area contributed by atoms with E-state index in [1.807, 2.05) is 18.2 Å². The van der Waals surface area contributed by atoms with Gasteiger partial charge >= 0.3 is 0 Å². The molecule has 0 fully saturated rings. The van der Waals surface area contributed by atoms with Gasteiger partial charge in [-0.25, -0.2) is 21.5 Å². The van der Waals surface area contributed by atoms with E-state index in [0.717, 1.165) is 0 Å². The van der Waals surface area contributed by atoms with Crippen molar-refractivity contribution in [2.45, 2.75) is 16.7 Å². The number of ether oxygens (including phenoxy) is 1. The highest BCUT2D eigenvalue weighted by Gasteiger charge is 2.21. The maximum Gasteiger partial charge on any atom is 0.265 e. The molecule has 176 valence electrons. The van der Waals surface area contributed by atoms with Gasteiger partial charge in [0, 0.05) is 0 Å². The van der Waals surface area contributed by atoms with Crippen LogP contribution in [0.1, 0.15) is 5.56 Å². The quantitative estimate of drug-likeness (QED) is 0.381. The molecule has 4 rings (SSSR count). The molecule has 0 aliphatic carbocycles. The van der Waals surface area contributed by atoms with Crippen molar-refractivity contribution >= 4 is 31.4 Å². The van der Waals surface area contributed by atoms with E-state index in [-0.39, 0.29) is 21.2 Å². The van der Waals surface area contributed by atoms with E-state index < -0.39 is 20.0 Å². The lowest BCUT2D eigenvalue weighted by molar-refractivity contribution is 0.417. The molecule has 34 heavy (non-hydrogen) atoms. The van der Waals surface area contributed by atoms with E-state index >= 15 is 0 Å². The van der Waals surface area contributed by atoms with Gasteiger partial charge in [0.2, 0.25) is 0 Å². The van der Waals surface area contributed by atoms with Crippen LogP contribution in [0.15, 0.2) is 95.0 Å². The Morgan fingerprint density at radius 2 is 1.44 bits per heavy atom. The van der Waals surface area contributed by atoms with Crippen LogP contribution in [0.3, 0.4) is 0 Å². The van der Waals surface area contributed by atoms with E-state index in [4.69, 9.17) is 4.74 Å². The molecule has 0 spiro atoms. The fraction of sp³-hybridized carbons (Fsp3) is 0.0870. The Morgan fingerprint density at radius 3 is 2.18 bits per heavy atom. The van der Waals surface area contributed by atoms with E-state index in [0.29, 0.717) is 17.0 Å². The Labute approximate surface area is 198 Å². The van der Waals surface area contributed by atoms with E-state index in [9.17, 15) is 16.8 Å². The summed E-state index contributed by atoms with van der Waals surface area (Å²) in [7, 11) is -6.61. The van der Waals surface area contributed by atoms with Gasteiger partial charge in [0.1, 0.15) is 10.6 Å². The number of hydrogen-bond donors (Lipinski definition) is 2. The Bertz CT molecular complexity index is 1530. The molecule has 11 heteroatoms. The Balaban J connectivity index is 1.62. The first kappa shape index (κ1) is 23.3. The largest absolute Gasteiger partial charge is 0.495 e.